The Bertz CT molecular complexity index is 846. The van der Waals surface area contributed by atoms with E-state index in [9.17, 15) is 4.79 Å². The molecule has 2 aromatic rings. The minimum absolute atomic E-state index is 0. The van der Waals surface area contributed by atoms with Gasteiger partial charge in [0.1, 0.15) is 11.5 Å². The monoisotopic (exact) mass is 562 g/mol. The highest BCUT2D eigenvalue weighted by molar-refractivity contribution is 14.0. The van der Waals surface area contributed by atoms with Crippen molar-refractivity contribution in [3.05, 3.63) is 46.4 Å². The van der Waals surface area contributed by atoms with Gasteiger partial charge in [0.05, 0.1) is 26.5 Å². The number of ether oxygens (including phenoxy) is 2. The van der Waals surface area contributed by atoms with E-state index in [1.165, 1.54) is 0 Å². The van der Waals surface area contributed by atoms with E-state index in [-0.39, 0.29) is 48.8 Å². The zero-order valence-electron chi connectivity index (χ0n) is 15.9. The number of nitrogens with one attached hydrogen (secondary N) is 2. The number of anilines is 2. The average Bonchev–Trinajstić information content (AvgIpc) is 2.64. The van der Waals surface area contributed by atoms with Gasteiger partial charge in [0.25, 0.3) is 0 Å². The molecule has 0 aromatic heterocycles. The van der Waals surface area contributed by atoms with E-state index >= 15 is 0 Å². The number of hydrogen-bond donors (Lipinski definition) is 3. The molecule has 0 fully saturated rings. The van der Waals surface area contributed by atoms with Crippen molar-refractivity contribution in [2.24, 2.45) is 10.7 Å². The Morgan fingerprint density at radius 1 is 1.11 bits per heavy atom. The predicted octanol–water partition coefficient (Wildman–Crippen LogP) is 4.15. The number of halogens is 2. The summed E-state index contributed by atoms with van der Waals surface area (Å²) in [6.07, 6.45) is 0.212. The number of aryl methyl sites for hydroxylation is 1. The molecule has 28 heavy (non-hydrogen) atoms. The van der Waals surface area contributed by atoms with Gasteiger partial charge in [0, 0.05) is 22.6 Å². The second-order valence-electron chi connectivity index (χ2n) is 5.72. The molecular weight excluding hydrogens is 539 g/mol. The Labute approximate surface area is 190 Å². The molecule has 0 bridgehead atoms. The van der Waals surface area contributed by atoms with E-state index in [4.69, 9.17) is 15.2 Å². The van der Waals surface area contributed by atoms with Crippen molar-refractivity contribution in [3.8, 4) is 11.5 Å². The van der Waals surface area contributed by atoms with Crippen molar-refractivity contribution >= 4 is 63.1 Å². The molecule has 0 heterocycles. The third kappa shape index (κ3) is 7.19. The maximum absolute atomic E-state index is 12.1. The first-order valence-corrected chi connectivity index (χ1v) is 9.07. The number of nitrogens with zero attached hydrogens (tertiary/aromatic N) is 1. The summed E-state index contributed by atoms with van der Waals surface area (Å²) in [6.45, 7) is 2.19. The van der Waals surface area contributed by atoms with Gasteiger partial charge in [-0.2, -0.15) is 0 Å². The fourth-order valence-electron chi connectivity index (χ4n) is 2.31. The van der Waals surface area contributed by atoms with Crippen LogP contribution in [-0.4, -0.2) is 32.6 Å². The molecule has 0 atom stereocenters. The summed E-state index contributed by atoms with van der Waals surface area (Å²) in [5, 5.41) is 5.83. The van der Waals surface area contributed by atoms with Gasteiger partial charge in [-0.3, -0.25) is 9.79 Å². The maximum atomic E-state index is 12.1. The number of rotatable bonds is 7. The quantitative estimate of drug-likeness (QED) is 0.267. The summed E-state index contributed by atoms with van der Waals surface area (Å²) in [5.74, 6) is 1.33. The molecule has 0 radical (unpaired) electrons. The zero-order valence-corrected chi connectivity index (χ0v) is 19.8. The Balaban J connectivity index is 0.00000392. The third-order valence-corrected chi connectivity index (χ3v) is 4.26. The third-order valence-electron chi connectivity index (χ3n) is 3.76. The SMILES string of the molecule is COc1ccc(OC)c(NC(N)=NCCC(=O)Nc2cc(Br)ccc2C)c1.I. The lowest BCUT2D eigenvalue weighted by molar-refractivity contribution is -0.116. The number of aliphatic imine (C=N–C) groups is 1. The molecule has 0 saturated heterocycles. The smallest absolute Gasteiger partial charge is 0.226 e. The average molecular weight is 563 g/mol. The molecule has 152 valence electrons. The molecule has 7 nitrogen and oxygen atoms in total. The molecular formula is C19H24BrIN4O3. The first kappa shape index (κ1) is 24.0. The van der Waals surface area contributed by atoms with Crippen LogP contribution in [0.1, 0.15) is 12.0 Å². The Kier molecular flexibility index (Phi) is 10.1. The number of hydrogen-bond acceptors (Lipinski definition) is 4. The number of guanidine groups is 1. The first-order chi connectivity index (χ1) is 12.9. The Morgan fingerprint density at radius 2 is 1.86 bits per heavy atom. The topological polar surface area (TPSA) is 98.0 Å². The normalized spacial score (nSPS) is 10.6. The van der Waals surface area contributed by atoms with Gasteiger partial charge in [0.2, 0.25) is 5.91 Å². The fraction of sp³-hybridized carbons (Fsp3) is 0.263. The summed E-state index contributed by atoms with van der Waals surface area (Å²) in [7, 11) is 3.14. The Morgan fingerprint density at radius 3 is 2.54 bits per heavy atom. The standard InChI is InChI=1S/C19H23BrN4O3.HI/c1-12-4-5-13(20)10-15(12)23-18(25)8-9-22-19(21)24-16-11-14(26-2)6-7-17(16)27-3;/h4-7,10-11H,8-9H2,1-3H3,(H,23,25)(H3,21,22,24);1H. The van der Waals surface area contributed by atoms with E-state index in [0.717, 1.165) is 15.7 Å². The van der Waals surface area contributed by atoms with Crippen molar-refractivity contribution in [2.45, 2.75) is 13.3 Å². The van der Waals surface area contributed by atoms with E-state index in [0.29, 0.717) is 17.2 Å². The lowest BCUT2D eigenvalue weighted by Crippen LogP contribution is -2.24. The number of carbonyl (C=O) groups excluding carboxylic acids is 1. The molecule has 0 aliphatic carbocycles. The molecule has 0 aliphatic rings. The summed E-state index contributed by atoms with van der Waals surface area (Å²) >= 11 is 3.39. The number of benzene rings is 2. The summed E-state index contributed by atoms with van der Waals surface area (Å²) < 4.78 is 11.4. The molecule has 0 saturated carbocycles. The van der Waals surface area contributed by atoms with Gasteiger partial charge in [0.15, 0.2) is 5.96 Å². The van der Waals surface area contributed by atoms with Gasteiger partial charge in [-0.05, 0) is 36.8 Å². The van der Waals surface area contributed by atoms with E-state index in [2.05, 4.69) is 31.6 Å². The number of amides is 1. The predicted molar refractivity (Wildman–Crippen MR) is 127 cm³/mol. The van der Waals surface area contributed by atoms with Crippen LogP contribution in [0.2, 0.25) is 0 Å². The van der Waals surface area contributed by atoms with Crippen molar-refractivity contribution in [1.82, 2.24) is 0 Å². The zero-order chi connectivity index (χ0) is 19.8. The van der Waals surface area contributed by atoms with Crippen molar-refractivity contribution in [2.75, 3.05) is 31.4 Å². The molecule has 2 rings (SSSR count). The minimum atomic E-state index is -0.133. The molecule has 0 aliphatic heterocycles. The number of nitrogens with two attached hydrogens (primary N) is 1. The number of carbonyl (C=O) groups is 1. The highest BCUT2D eigenvalue weighted by atomic mass is 127. The van der Waals surface area contributed by atoms with Crippen LogP contribution in [0.4, 0.5) is 11.4 Å². The highest BCUT2D eigenvalue weighted by Crippen LogP contribution is 2.28. The lowest BCUT2D eigenvalue weighted by Gasteiger charge is -2.12. The lowest BCUT2D eigenvalue weighted by atomic mass is 10.2. The first-order valence-electron chi connectivity index (χ1n) is 8.28. The minimum Gasteiger partial charge on any atom is -0.497 e. The van der Waals surface area contributed by atoms with Crippen LogP contribution in [0.25, 0.3) is 0 Å². The fourth-order valence-corrected chi connectivity index (χ4v) is 2.67. The van der Waals surface area contributed by atoms with Crippen LogP contribution in [0.15, 0.2) is 45.9 Å². The largest absolute Gasteiger partial charge is 0.497 e. The number of methoxy groups -OCH3 is 2. The molecule has 2 aromatic carbocycles. The van der Waals surface area contributed by atoms with Crippen LogP contribution < -0.4 is 25.8 Å². The second-order valence-corrected chi connectivity index (χ2v) is 6.63. The summed E-state index contributed by atoms with van der Waals surface area (Å²) in [4.78, 5) is 16.3. The van der Waals surface area contributed by atoms with Gasteiger partial charge < -0.3 is 25.8 Å². The van der Waals surface area contributed by atoms with Crippen LogP contribution in [0.5, 0.6) is 11.5 Å². The van der Waals surface area contributed by atoms with Gasteiger partial charge in [-0.15, -0.1) is 24.0 Å². The van der Waals surface area contributed by atoms with E-state index < -0.39 is 0 Å². The van der Waals surface area contributed by atoms with Crippen molar-refractivity contribution < 1.29 is 14.3 Å². The molecule has 0 unspecified atom stereocenters. The molecule has 4 N–H and O–H groups in total. The van der Waals surface area contributed by atoms with Gasteiger partial charge >= 0.3 is 0 Å². The summed E-state index contributed by atoms with van der Waals surface area (Å²) in [6, 6.07) is 11.0. The molecule has 9 heteroatoms. The van der Waals surface area contributed by atoms with Crippen LogP contribution in [0.3, 0.4) is 0 Å². The van der Waals surface area contributed by atoms with Crippen LogP contribution in [-0.2, 0) is 4.79 Å². The van der Waals surface area contributed by atoms with Crippen molar-refractivity contribution in [3.63, 3.8) is 0 Å². The van der Waals surface area contributed by atoms with E-state index in [1.54, 1.807) is 32.4 Å². The summed E-state index contributed by atoms with van der Waals surface area (Å²) in [5.41, 5.74) is 8.30. The second kappa shape index (κ2) is 11.7. The highest BCUT2D eigenvalue weighted by Gasteiger charge is 2.07. The Hall–Kier alpha value is -2.01. The maximum Gasteiger partial charge on any atom is 0.226 e. The van der Waals surface area contributed by atoms with Crippen molar-refractivity contribution in [1.29, 1.82) is 0 Å². The van der Waals surface area contributed by atoms with Gasteiger partial charge in [-0.25, -0.2) is 0 Å². The molecule has 1 amide bonds. The van der Waals surface area contributed by atoms with Crippen LogP contribution in [0, 0.1) is 6.92 Å². The van der Waals surface area contributed by atoms with Crippen LogP contribution >= 0.6 is 39.9 Å². The van der Waals surface area contributed by atoms with Gasteiger partial charge in [-0.1, -0.05) is 22.0 Å². The van der Waals surface area contributed by atoms with E-state index in [1.807, 2.05) is 25.1 Å². The molecule has 0 spiro atoms.